The second-order valence-electron chi connectivity index (χ2n) is 6.94. The fraction of sp³-hybridized carbons (Fsp3) is 0.333. The Balaban J connectivity index is 1.56. The molecule has 0 radical (unpaired) electrons. The third-order valence-electron chi connectivity index (χ3n) is 4.92. The van der Waals surface area contributed by atoms with Crippen molar-refractivity contribution in [1.82, 2.24) is 9.62 Å². The Hall–Kier alpha value is -2.71. The van der Waals surface area contributed by atoms with Crippen molar-refractivity contribution in [2.45, 2.75) is 36.6 Å². The highest BCUT2D eigenvalue weighted by Gasteiger charge is 2.33. The van der Waals surface area contributed by atoms with Crippen molar-refractivity contribution in [2.75, 3.05) is 18.4 Å². The number of nitrogens with zero attached hydrogens (tertiary/aromatic N) is 1. The molecule has 1 fully saturated rings. The Bertz CT molecular complexity index is 933. The molecule has 2 aromatic rings. The Morgan fingerprint density at radius 1 is 0.931 bits per heavy atom. The Labute approximate surface area is 171 Å². The zero-order valence-corrected chi connectivity index (χ0v) is 16.9. The predicted molar refractivity (Wildman–Crippen MR) is 111 cm³/mol. The Morgan fingerprint density at radius 3 is 2.28 bits per heavy atom. The quantitative estimate of drug-likeness (QED) is 0.708. The summed E-state index contributed by atoms with van der Waals surface area (Å²) in [6.45, 7) is 0.691. The van der Waals surface area contributed by atoms with Crippen LogP contribution in [0.25, 0.3) is 0 Å². The van der Waals surface area contributed by atoms with E-state index in [2.05, 4.69) is 10.6 Å². The summed E-state index contributed by atoms with van der Waals surface area (Å²) in [5, 5.41) is 5.12. The van der Waals surface area contributed by atoms with Gasteiger partial charge in [0, 0.05) is 24.8 Å². The highest BCUT2D eigenvalue weighted by molar-refractivity contribution is 7.89. The lowest BCUT2D eigenvalue weighted by Crippen LogP contribution is -2.45. The van der Waals surface area contributed by atoms with Crippen LogP contribution in [0.5, 0.6) is 0 Å². The van der Waals surface area contributed by atoms with E-state index in [9.17, 15) is 18.0 Å². The molecule has 1 aliphatic rings. The number of anilines is 1. The van der Waals surface area contributed by atoms with Gasteiger partial charge in [0.25, 0.3) is 0 Å². The third-order valence-corrected chi connectivity index (χ3v) is 6.89. The first-order valence-electron chi connectivity index (χ1n) is 9.69. The molecule has 1 saturated heterocycles. The fourth-order valence-corrected chi connectivity index (χ4v) is 5.19. The number of hydrogen-bond donors (Lipinski definition) is 2. The molecule has 2 amide bonds. The maximum Gasteiger partial charge on any atom is 0.313 e. The minimum Gasteiger partial charge on any atom is -0.348 e. The van der Waals surface area contributed by atoms with E-state index in [4.69, 9.17) is 0 Å². The fourth-order valence-electron chi connectivity index (χ4n) is 3.45. The van der Waals surface area contributed by atoms with Gasteiger partial charge < -0.3 is 10.6 Å². The molecule has 2 aromatic carbocycles. The van der Waals surface area contributed by atoms with Crippen LogP contribution in [0, 0.1) is 0 Å². The average molecular weight is 416 g/mol. The molecule has 0 unspecified atom stereocenters. The maximum absolute atomic E-state index is 13.0. The second kappa shape index (κ2) is 9.67. The zero-order valence-electron chi connectivity index (χ0n) is 16.1. The summed E-state index contributed by atoms with van der Waals surface area (Å²) in [7, 11) is -3.58. The molecule has 0 saturated carbocycles. The van der Waals surface area contributed by atoms with Crippen LogP contribution in [0.4, 0.5) is 5.69 Å². The topological polar surface area (TPSA) is 95.6 Å². The van der Waals surface area contributed by atoms with Crippen LogP contribution < -0.4 is 10.6 Å². The number of sulfonamides is 1. The Kier molecular flexibility index (Phi) is 7.00. The van der Waals surface area contributed by atoms with Crippen molar-refractivity contribution in [1.29, 1.82) is 0 Å². The van der Waals surface area contributed by atoms with E-state index in [1.165, 1.54) is 4.31 Å². The molecule has 2 N–H and O–H groups in total. The largest absolute Gasteiger partial charge is 0.348 e. The molecule has 0 bridgehead atoms. The average Bonchev–Trinajstić information content (AvgIpc) is 2.75. The summed E-state index contributed by atoms with van der Waals surface area (Å²) < 4.78 is 27.5. The van der Waals surface area contributed by atoms with E-state index in [1.807, 2.05) is 6.07 Å². The van der Waals surface area contributed by atoms with Crippen molar-refractivity contribution in [3.05, 3.63) is 60.7 Å². The number of carbonyl (C=O) groups is 2. The van der Waals surface area contributed by atoms with Crippen molar-refractivity contribution in [2.24, 2.45) is 0 Å². The van der Waals surface area contributed by atoms with Crippen LogP contribution in [0.15, 0.2) is 65.6 Å². The van der Waals surface area contributed by atoms with Gasteiger partial charge in [-0.15, -0.1) is 0 Å². The summed E-state index contributed by atoms with van der Waals surface area (Å²) >= 11 is 0. The smallest absolute Gasteiger partial charge is 0.313 e. The zero-order chi connectivity index (χ0) is 20.7. The molecule has 7 nitrogen and oxygen atoms in total. The van der Waals surface area contributed by atoms with Crippen LogP contribution in [0.1, 0.15) is 25.7 Å². The van der Waals surface area contributed by atoms with Crippen molar-refractivity contribution in [3.63, 3.8) is 0 Å². The second-order valence-corrected chi connectivity index (χ2v) is 8.83. The molecule has 1 heterocycles. The highest BCUT2D eigenvalue weighted by Crippen LogP contribution is 2.26. The highest BCUT2D eigenvalue weighted by atomic mass is 32.2. The van der Waals surface area contributed by atoms with Gasteiger partial charge in [0.15, 0.2) is 0 Å². The molecular weight excluding hydrogens is 390 g/mol. The Morgan fingerprint density at radius 2 is 1.59 bits per heavy atom. The normalized spacial score (nSPS) is 17.4. The standard InChI is InChI=1S/C21H25N3O4S/c25-20(21(26)23-17-9-3-1-4-10-17)22-15-14-18-11-7-8-16-24(18)29(27,28)19-12-5-2-6-13-19/h1-6,9-10,12-13,18H,7-8,11,14-16H2,(H,22,25)(H,23,26)/t18-/m1/s1. The maximum atomic E-state index is 13.0. The van der Waals surface area contributed by atoms with Crippen LogP contribution in [-0.4, -0.2) is 43.7 Å². The number of hydrogen-bond acceptors (Lipinski definition) is 4. The molecule has 0 aromatic heterocycles. The summed E-state index contributed by atoms with van der Waals surface area (Å²) in [4.78, 5) is 24.3. The van der Waals surface area contributed by atoms with Gasteiger partial charge in [-0.05, 0) is 43.5 Å². The van der Waals surface area contributed by atoms with Crippen molar-refractivity contribution < 1.29 is 18.0 Å². The van der Waals surface area contributed by atoms with E-state index in [1.54, 1.807) is 54.6 Å². The van der Waals surface area contributed by atoms with E-state index >= 15 is 0 Å². The van der Waals surface area contributed by atoms with E-state index in [0.717, 1.165) is 19.3 Å². The lowest BCUT2D eigenvalue weighted by Gasteiger charge is -2.34. The van der Waals surface area contributed by atoms with Gasteiger partial charge in [-0.25, -0.2) is 8.42 Å². The molecule has 8 heteroatoms. The van der Waals surface area contributed by atoms with Crippen LogP contribution >= 0.6 is 0 Å². The van der Waals surface area contributed by atoms with Gasteiger partial charge in [-0.1, -0.05) is 42.8 Å². The van der Waals surface area contributed by atoms with Gasteiger partial charge >= 0.3 is 11.8 Å². The molecule has 1 aliphatic heterocycles. The number of benzene rings is 2. The lowest BCUT2D eigenvalue weighted by atomic mass is 10.0. The molecule has 0 aliphatic carbocycles. The molecule has 3 rings (SSSR count). The SMILES string of the molecule is O=C(NCC[C@H]1CCCCN1S(=O)(=O)c1ccccc1)C(=O)Nc1ccccc1. The van der Waals surface area contributed by atoms with Gasteiger partial charge in [0.1, 0.15) is 0 Å². The number of nitrogens with one attached hydrogen (secondary N) is 2. The minimum atomic E-state index is -3.58. The molecule has 154 valence electrons. The number of rotatable bonds is 6. The van der Waals surface area contributed by atoms with Crippen LogP contribution in [0.3, 0.4) is 0 Å². The first kappa shape index (κ1) is 21.0. The van der Waals surface area contributed by atoms with Gasteiger partial charge in [-0.3, -0.25) is 9.59 Å². The molecule has 0 spiro atoms. The van der Waals surface area contributed by atoms with Gasteiger partial charge in [0.2, 0.25) is 10.0 Å². The van der Waals surface area contributed by atoms with Crippen LogP contribution in [-0.2, 0) is 19.6 Å². The summed E-state index contributed by atoms with van der Waals surface area (Å²) in [6, 6.07) is 16.9. The monoisotopic (exact) mass is 415 g/mol. The first-order chi connectivity index (χ1) is 14.0. The number of piperidine rings is 1. The molecule has 29 heavy (non-hydrogen) atoms. The predicted octanol–water partition coefficient (Wildman–Crippen LogP) is 2.37. The molecule has 1 atom stereocenters. The van der Waals surface area contributed by atoms with Crippen molar-refractivity contribution in [3.8, 4) is 0 Å². The van der Waals surface area contributed by atoms with E-state index in [-0.39, 0.29) is 17.5 Å². The van der Waals surface area contributed by atoms with Crippen molar-refractivity contribution >= 4 is 27.5 Å². The van der Waals surface area contributed by atoms with Crippen LogP contribution in [0.2, 0.25) is 0 Å². The number of carbonyl (C=O) groups excluding carboxylic acids is 2. The number of amides is 2. The summed E-state index contributed by atoms with van der Waals surface area (Å²) in [6.07, 6.45) is 2.94. The van der Waals surface area contributed by atoms with E-state index in [0.29, 0.717) is 18.7 Å². The number of para-hydroxylation sites is 1. The summed E-state index contributed by atoms with van der Waals surface area (Å²) in [5.74, 6) is -1.48. The third kappa shape index (κ3) is 5.42. The minimum absolute atomic E-state index is 0.202. The lowest BCUT2D eigenvalue weighted by molar-refractivity contribution is -0.136. The van der Waals surface area contributed by atoms with Gasteiger partial charge in [0.05, 0.1) is 4.90 Å². The van der Waals surface area contributed by atoms with E-state index < -0.39 is 21.8 Å². The molecular formula is C21H25N3O4S. The summed E-state index contributed by atoms with van der Waals surface area (Å²) in [5.41, 5.74) is 0.542. The van der Waals surface area contributed by atoms with Gasteiger partial charge in [-0.2, -0.15) is 4.31 Å². The first-order valence-corrected chi connectivity index (χ1v) is 11.1.